The zero-order valence-electron chi connectivity index (χ0n) is 10.7. The minimum atomic E-state index is -1.25. The predicted molar refractivity (Wildman–Crippen MR) is 84.0 cm³/mol. The molecular formula is C16H12FIO2. The maximum Gasteiger partial charge on any atom is 0.144 e. The first-order valence-corrected chi connectivity index (χ1v) is 7.23. The summed E-state index contributed by atoms with van der Waals surface area (Å²) in [6.45, 7) is 1.67. The lowest BCUT2D eigenvalue weighted by molar-refractivity contribution is 0.0786. The monoisotopic (exact) mass is 382 g/mol. The fourth-order valence-electron chi connectivity index (χ4n) is 2.17. The van der Waals surface area contributed by atoms with Crippen LogP contribution in [0.2, 0.25) is 0 Å². The van der Waals surface area contributed by atoms with Crippen LogP contribution >= 0.6 is 22.6 Å². The van der Waals surface area contributed by atoms with E-state index in [1.165, 1.54) is 12.1 Å². The molecule has 0 aliphatic rings. The van der Waals surface area contributed by atoms with Crippen LogP contribution in [0.3, 0.4) is 0 Å². The first kappa shape index (κ1) is 13.6. The number of rotatable bonds is 2. The van der Waals surface area contributed by atoms with E-state index in [9.17, 15) is 9.50 Å². The van der Waals surface area contributed by atoms with Gasteiger partial charge in [-0.2, -0.15) is 0 Å². The molecular weight excluding hydrogens is 370 g/mol. The van der Waals surface area contributed by atoms with Crippen molar-refractivity contribution in [2.75, 3.05) is 0 Å². The van der Waals surface area contributed by atoms with Crippen LogP contribution in [0.1, 0.15) is 18.2 Å². The smallest absolute Gasteiger partial charge is 0.144 e. The van der Waals surface area contributed by atoms with Crippen LogP contribution in [0.25, 0.3) is 11.0 Å². The predicted octanol–water partition coefficient (Wildman–Crippen LogP) is 4.43. The molecule has 4 heteroatoms. The molecule has 3 rings (SSSR count). The summed E-state index contributed by atoms with van der Waals surface area (Å²) in [6, 6.07) is 13.5. The number of hydrogen-bond acceptors (Lipinski definition) is 2. The number of furan rings is 1. The highest BCUT2D eigenvalue weighted by molar-refractivity contribution is 14.1. The number of benzene rings is 2. The Balaban J connectivity index is 2.10. The lowest BCUT2D eigenvalue weighted by Gasteiger charge is -2.21. The van der Waals surface area contributed by atoms with Crippen molar-refractivity contribution in [1.29, 1.82) is 0 Å². The van der Waals surface area contributed by atoms with Gasteiger partial charge in [0.25, 0.3) is 0 Å². The fraction of sp³-hybridized carbons (Fsp3) is 0.125. The molecule has 0 fully saturated rings. The Morgan fingerprint density at radius 3 is 2.50 bits per heavy atom. The summed E-state index contributed by atoms with van der Waals surface area (Å²) in [5.41, 5.74) is 0.0458. The molecule has 0 amide bonds. The van der Waals surface area contributed by atoms with Gasteiger partial charge in [-0.25, -0.2) is 4.39 Å². The number of fused-ring (bicyclic) bond motifs is 1. The Labute approximate surface area is 129 Å². The standard InChI is InChI=1S/C16H12FIO2/c1-16(19,11-2-5-13(18)6-3-11)15-9-10-8-12(17)4-7-14(10)20-15/h2-9,19H,1H3. The Morgan fingerprint density at radius 1 is 1.10 bits per heavy atom. The molecule has 0 aliphatic heterocycles. The molecule has 1 atom stereocenters. The van der Waals surface area contributed by atoms with E-state index in [2.05, 4.69) is 22.6 Å². The molecule has 0 saturated heterocycles. The van der Waals surface area contributed by atoms with Crippen LogP contribution in [0.5, 0.6) is 0 Å². The summed E-state index contributed by atoms with van der Waals surface area (Å²) < 4.78 is 20.0. The Morgan fingerprint density at radius 2 is 1.80 bits per heavy atom. The quantitative estimate of drug-likeness (QED) is 0.666. The van der Waals surface area contributed by atoms with Crippen molar-refractivity contribution in [2.45, 2.75) is 12.5 Å². The van der Waals surface area contributed by atoms with Crippen molar-refractivity contribution in [3.05, 3.63) is 69.2 Å². The van der Waals surface area contributed by atoms with E-state index in [4.69, 9.17) is 4.42 Å². The number of hydrogen-bond donors (Lipinski definition) is 1. The lowest BCUT2D eigenvalue weighted by Crippen LogP contribution is -2.21. The summed E-state index contributed by atoms with van der Waals surface area (Å²) >= 11 is 2.21. The Kier molecular flexibility index (Phi) is 3.30. The van der Waals surface area contributed by atoms with Crippen molar-refractivity contribution < 1.29 is 13.9 Å². The maximum absolute atomic E-state index is 13.2. The molecule has 2 aromatic carbocycles. The van der Waals surface area contributed by atoms with Crippen LogP contribution < -0.4 is 0 Å². The van der Waals surface area contributed by atoms with E-state index < -0.39 is 5.60 Å². The summed E-state index contributed by atoms with van der Waals surface area (Å²) in [6.07, 6.45) is 0. The second-order valence-corrected chi connectivity index (χ2v) is 6.12. The molecule has 0 bridgehead atoms. The fourth-order valence-corrected chi connectivity index (χ4v) is 2.53. The molecule has 0 saturated carbocycles. The molecule has 1 heterocycles. The third-order valence-corrected chi connectivity index (χ3v) is 4.08. The molecule has 0 aliphatic carbocycles. The van der Waals surface area contributed by atoms with Gasteiger partial charge in [0, 0.05) is 8.96 Å². The van der Waals surface area contributed by atoms with E-state index in [-0.39, 0.29) is 5.82 Å². The maximum atomic E-state index is 13.2. The largest absolute Gasteiger partial charge is 0.458 e. The van der Waals surface area contributed by atoms with Gasteiger partial charge in [-0.1, -0.05) is 12.1 Å². The van der Waals surface area contributed by atoms with Gasteiger partial charge in [-0.3, -0.25) is 0 Å². The van der Waals surface area contributed by atoms with Crippen molar-refractivity contribution in [2.24, 2.45) is 0 Å². The van der Waals surface area contributed by atoms with Gasteiger partial charge in [0.2, 0.25) is 0 Å². The van der Waals surface area contributed by atoms with Crippen LogP contribution in [0.15, 0.2) is 52.9 Å². The zero-order valence-corrected chi connectivity index (χ0v) is 12.9. The molecule has 20 heavy (non-hydrogen) atoms. The highest BCUT2D eigenvalue weighted by Crippen LogP contribution is 2.33. The van der Waals surface area contributed by atoms with Crippen LogP contribution in [-0.4, -0.2) is 5.11 Å². The first-order chi connectivity index (χ1) is 9.46. The molecule has 1 aromatic heterocycles. The van der Waals surface area contributed by atoms with Gasteiger partial charge in [-0.05, 0) is 71.5 Å². The Hall–Kier alpha value is -1.40. The van der Waals surface area contributed by atoms with E-state index in [1.54, 1.807) is 19.1 Å². The molecule has 1 unspecified atom stereocenters. The van der Waals surface area contributed by atoms with E-state index in [1.807, 2.05) is 24.3 Å². The van der Waals surface area contributed by atoms with Gasteiger partial charge < -0.3 is 9.52 Å². The van der Waals surface area contributed by atoms with Gasteiger partial charge >= 0.3 is 0 Å². The van der Waals surface area contributed by atoms with Crippen LogP contribution in [-0.2, 0) is 5.60 Å². The van der Waals surface area contributed by atoms with Crippen LogP contribution in [0.4, 0.5) is 4.39 Å². The first-order valence-electron chi connectivity index (χ1n) is 6.15. The summed E-state index contributed by atoms with van der Waals surface area (Å²) in [5, 5.41) is 11.4. The zero-order chi connectivity index (χ0) is 14.3. The average Bonchev–Trinajstić information content (AvgIpc) is 2.83. The van der Waals surface area contributed by atoms with Crippen molar-refractivity contribution in [3.63, 3.8) is 0 Å². The summed E-state index contributed by atoms with van der Waals surface area (Å²) in [4.78, 5) is 0. The van der Waals surface area contributed by atoms with Crippen LogP contribution in [0, 0.1) is 9.39 Å². The minimum Gasteiger partial charge on any atom is -0.458 e. The summed E-state index contributed by atoms with van der Waals surface area (Å²) in [7, 11) is 0. The van der Waals surface area contributed by atoms with Gasteiger partial charge in [0.05, 0.1) is 0 Å². The minimum absolute atomic E-state index is 0.321. The number of halogens is 2. The third-order valence-electron chi connectivity index (χ3n) is 3.36. The van der Waals surface area contributed by atoms with E-state index in [0.29, 0.717) is 16.7 Å². The Bertz CT molecular complexity index is 760. The molecule has 3 aromatic rings. The second kappa shape index (κ2) is 4.86. The van der Waals surface area contributed by atoms with E-state index in [0.717, 1.165) is 9.13 Å². The second-order valence-electron chi connectivity index (χ2n) is 4.87. The molecule has 2 nitrogen and oxygen atoms in total. The lowest BCUT2D eigenvalue weighted by atomic mass is 9.93. The van der Waals surface area contributed by atoms with Crippen molar-refractivity contribution in [3.8, 4) is 0 Å². The summed E-state index contributed by atoms with van der Waals surface area (Å²) in [5.74, 6) is 0.0815. The van der Waals surface area contributed by atoms with Gasteiger partial charge in [0.1, 0.15) is 22.8 Å². The van der Waals surface area contributed by atoms with Crippen molar-refractivity contribution >= 4 is 33.6 Å². The van der Waals surface area contributed by atoms with Gasteiger partial charge in [0.15, 0.2) is 0 Å². The SMILES string of the molecule is CC(O)(c1ccc(I)cc1)c1cc2cc(F)ccc2o1. The normalized spacial score (nSPS) is 14.4. The van der Waals surface area contributed by atoms with Crippen molar-refractivity contribution in [1.82, 2.24) is 0 Å². The van der Waals surface area contributed by atoms with Gasteiger partial charge in [-0.15, -0.1) is 0 Å². The molecule has 0 radical (unpaired) electrons. The molecule has 1 N–H and O–H groups in total. The van der Waals surface area contributed by atoms with E-state index >= 15 is 0 Å². The topological polar surface area (TPSA) is 33.4 Å². The average molecular weight is 382 g/mol. The third kappa shape index (κ3) is 2.33. The number of aliphatic hydroxyl groups is 1. The highest BCUT2D eigenvalue weighted by Gasteiger charge is 2.29. The molecule has 102 valence electrons. The highest BCUT2D eigenvalue weighted by atomic mass is 127. The molecule has 0 spiro atoms.